The van der Waals surface area contributed by atoms with Crippen molar-refractivity contribution < 1.29 is 22.7 Å². The summed E-state index contributed by atoms with van der Waals surface area (Å²) in [6, 6.07) is 11.4. The highest BCUT2D eigenvalue weighted by molar-refractivity contribution is 7.97. The molecule has 0 bridgehead atoms. The van der Waals surface area contributed by atoms with Crippen LogP contribution in [0.1, 0.15) is 11.1 Å². The highest BCUT2D eigenvalue weighted by atomic mass is 32.2. The quantitative estimate of drug-likeness (QED) is 0.207. The Hall–Kier alpha value is -2.39. The Balaban J connectivity index is 2.00. The zero-order valence-electron chi connectivity index (χ0n) is 14.5. The fourth-order valence-electron chi connectivity index (χ4n) is 2.42. The summed E-state index contributed by atoms with van der Waals surface area (Å²) >= 11 is 1.14. The number of ether oxygens (including phenoxy) is 1. The summed E-state index contributed by atoms with van der Waals surface area (Å²) in [6.45, 7) is 0. The molecule has 5 nitrogen and oxygen atoms in total. The van der Waals surface area contributed by atoms with E-state index in [-0.39, 0.29) is 12.0 Å². The first-order chi connectivity index (χ1) is 12.8. The lowest BCUT2D eigenvalue weighted by atomic mass is 10.0. The summed E-state index contributed by atoms with van der Waals surface area (Å²) in [4.78, 5) is 12.0. The van der Waals surface area contributed by atoms with Crippen LogP contribution in [0.2, 0.25) is 0 Å². The average Bonchev–Trinajstić information content (AvgIpc) is 2.64. The predicted molar refractivity (Wildman–Crippen MR) is 101 cm³/mol. The van der Waals surface area contributed by atoms with E-state index in [9.17, 15) is 18.0 Å². The van der Waals surface area contributed by atoms with Crippen molar-refractivity contribution in [2.24, 2.45) is 0 Å². The number of para-hydroxylation sites is 2. The Bertz CT molecular complexity index is 772. The minimum absolute atomic E-state index is 0.0220. The average molecular weight is 399 g/mol. The highest BCUT2D eigenvalue weighted by Gasteiger charge is 2.34. The van der Waals surface area contributed by atoms with Crippen LogP contribution in [-0.2, 0) is 22.1 Å². The molecule has 0 aromatic heterocycles. The van der Waals surface area contributed by atoms with Gasteiger partial charge in [0.05, 0.1) is 29.9 Å². The van der Waals surface area contributed by atoms with E-state index in [4.69, 9.17) is 10.5 Å². The number of hydrogen-bond acceptors (Lipinski definition) is 6. The molecular formula is C18H20F3N3O2S. The van der Waals surface area contributed by atoms with Gasteiger partial charge in [-0.2, -0.15) is 13.2 Å². The Kier molecular flexibility index (Phi) is 7.37. The van der Waals surface area contributed by atoms with Crippen molar-refractivity contribution in [3.8, 4) is 0 Å². The number of anilines is 2. The van der Waals surface area contributed by atoms with Crippen LogP contribution in [0.15, 0.2) is 48.5 Å². The van der Waals surface area contributed by atoms with Crippen molar-refractivity contribution >= 4 is 29.3 Å². The van der Waals surface area contributed by atoms with Crippen LogP contribution in [0.25, 0.3) is 0 Å². The SMILES string of the molecule is COC(=O)C(Cc1ccccc1C(F)(F)F)NSCNc1ccccc1N. The molecule has 1 unspecified atom stereocenters. The summed E-state index contributed by atoms with van der Waals surface area (Å²) in [6.07, 6.45) is -4.64. The number of hydrogen-bond donors (Lipinski definition) is 3. The van der Waals surface area contributed by atoms with E-state index in [0.717, 1.165) is 23.7 Å². The van der Waals surface area contributed by atoms with Gasteiger partial charge in [-0.05, 0) is 30.2 Å². The molecule has 4 N–H and O–H groups in total. The van der Waals surface area contributed by atoms with Gasteiger partial charge in [-0.25, -0.2) is 4.72 Å². The molecule has 0 saturated carbocycles. The molecule has 0 fully saturated rings. The molecule has 9 heteroatoms. The predicted octanol–water partition coefficient (Wildman–Crippen LogP) is 3.68. The number of carbonyl (C=O) groups is 1. The van der Waals surface area contributed by atoms with Crippen LogP contribution in [0.3, 0.4) is 0 Å². The fourth-order valence-corrected chi connectivity index (χ4v) is 3.12. The Labute approximate surface area is 159 Å². The number of benzene rings is 2. The number of nitrogens with two attached hydrogens (primary N) is 1. The van der Waals surface area contributed by atoms with Crippen molar-refractivity contribution in [3.05, 3.63) is 59.7 Å². The van der Waals surface area contributed by atoms with E-state index >= 15 is 0 Å². The van der Waals surface area contributed by atoms with Crippen molar-refractivity contribution in [3.63, 3.8) is 0 Å². The topological polar surface area (TPSA) is 76.4 Å². The fraction of sp³-hybridized carbons (Fsp3) is 0.278. The van der Waals surface area contributed by atoms with E-state index in [2.05, 4.69) is 10.0 Å². The van der Waals surface area contributed by atoms with Gasteiger partial charge in [-0.15, -0.1) is 0 Å². The molecule has 0 saturated heterocycles. The third-order valence-electron chi connectivity index (χ3n) is 3.75. The molecule has 0 amide bonds. The lowest BCUT2D eigenvalue weighted by molar-refractivity contribution is -0.143. The van der Waals surface area contributed by atoms with Crippen LogP contribution in [-0.4, -0.2) is 25.0 Å². The van der Waals surface area contributed by atoms with Gasteiger partial charge in [0.15, 0.2) is 0 Å². The zero-order chi connectivity index (χ0) is 19.9. The smallest absolute Gasteiger partial charge is 0.416 e. The van der Waals surface area contributed by atoms with Gasteiger partial charge in [0.1, 0.15) is 6.04 Å². The Morgan fingerprint density at radius 1 is 1.19 bits per heavy atom. The second-order valence-corrected chi connectivity index (χ2v) is 6.42. The highest BCUT2D eigenvalue weighted by Crippen LogP contribution is 2.32. The third kappa shape index (κ3) is 6.07. The standard InChI is InChI=1S/C18H20F3N3O2S/c1-26-17(25)16(10-12-6-2-3-7-13(12)18(19,20)21)24-27-11-23-15-9-5-4-8-14(15)22/h2-9,16,23-24H,10-11,22H2,1H3. The van der Waals surface area contributed by atoms with Crippen molar-refractivity contribution in [1.29, 1.82) is 0 Å². The van der Waals surface area contributed by atoms with Crippen molar-refractivity contribution in [1.82, 2.24) is 4.72 Å². The maximum atomic E-state index is 13.2. The van der Waals surface area contributed by atoms with Gasteiger partial charge in [-0.1, -0.05) is 42.3 Å². The van der Waals surface area contributed by atoms with Crippen LogP contribution >= 0.6 is 11.9 Å². The maximum Gasteiger partial charge on any atom is 0.416 e. The first kappa shape index (κ1) is 20.9. The van der Waals surface area contributed by atoms with Gasteiger partial charge >= 0.3 is 12.1 Å². The number of methoxy groups -OCH3 is 1. The van der Waals surface area contributed by atoms with E-state index in [1.807, 2.05) is 6.07 Å². The van der Waals surface area contributed by atoms with Gasteiger partial charge in [0.25, 0.3) is 0 Å². The second kappa shape index (κ2) is 9.52. The van der Waals surface area contributed by atoms with Crippen molar-refractivity contribution in [2.45, 2.75) is 18.6 Å². The maximum absolute atomic E-state index is 13.2. The molecule has 2 aromatic rings. The number of esters is 1. The van der Waals surface area contributed by atoms with Crippen LogP contribution in [0.4, 0.5) is 24.5 Å². The van der Waals surface area contributed by atoms with E-state index < -0.39 is 23.8 Å². The lowest BCUT2D eigenvalue weighted by Crippen LogP contribution is -2.36. The number of nitrogen functional groups attached to an aromatic ring is 1. The van der Waals surface area contributed by atoms with Crippen LogP contribution in [0, 0.1) is 0 Å². The van der Waals surface area contributed by atoms with Crippen molar-refractivity contribution in [2.75, 3.05) is 24.0 Å². The Morgan fingerprint density at radius 2 is 1.85 bits per heavy atom. The number of rotatable bonds is 8. The molecular weight excluding hydrogens is 379 g/mol. The number of alkyl halides is 3. The van der Waals surface area contributed by atoms with Gasteiger partial charge in [-0.3, -0.25) is 4.79 Å². The summed E-state index contributed by atoms with van der Waals surface area (Å²) in [5.74, 6) is -0.290. The summed E-state index contributed by atoms with van der Waals surface area (Å²) in [5, 5.41) is 3.07. The lowest BCUT2D eigenvalue weighted by Gasteiger charge is -2.19. The first-order valence-corrected chi connectivity index (χ1v) is 9.00. The molecule has 0 aliphatic heterocycles. The monoisotopic (exact) mass is 399 g/mol. The number of nitrogens with one attached hydrogen (secondary N) is 2. The van der Waals surface area contributed by atoms with E-state index in [1.54, 1.807) is 18.2 Å². The van der Waals surface area contributed by atoms with Gasteiger partial charge < -0.3 is 15.8 Å². The van der Waals surface area contributed by atoms with Gasteiger partial charge in [0, 0.05) is 0 Å². The molecule has 0 heterocycles. The molecule has 27 heavy (non-hydrogen) atoms. The molecule has 1 atom stereocenters. The van der Waals surface area contributed by atoms with Crippen LogP contribution < -0.4 is 15.8 Å². The minimum atomic E-state index is -4.49. The second-order valence-electron chi connectivity index (χ2n) is 5.61. The molecule has 0 aliphatic carbocycles. The van der Waals surface area contributed by atoms with E-state index in [0.29, 0.717) is 11.6 Å². The van der Waals surface area contributed by atoms with Gasteiger partial charge in [0.2, 0.25) is 0 Å². The molecule has 0 spiro atoms. The third-order valence-corrected chi connectivity index (χ3v) is 4.49. The molecule has 2 aromatic carbocycles. The largest absolute Gasteiger partial charge is 0.468 e. The van der Waals surface area contributed by atoms with E-state index in [1.165, 1.54) is 25.3 Å². The molecule has 0 radical (unpaired) electrons. The molecule has 2 rings (SSSR count). The minimum Gasteiger partial charge on any atom is -0.468 e. The first-order valence-electron chi connectivity index (χ1n) is 8.01. The zero-order valence-corrected chi connectivity index (χ0v) is 15.4. The molecule has 0 aliphatic rings. The summed E-state index contributed by atoms with van der Waals surface area (Å²) < 4.78 is 47.0. The summed E-state index contributed by atoms with van der Waals surface area (Å²) in [5.41, 5.74) is 6.37. The summed E-state index contributed by atoms with van der Waals surface area (Å²) in [7, 11) is 1.19. The Morgan fingerprint density at radius 3 is 2.52 bits per heavy atom. The van der Waals surface area contributed by atoms with Crippen LogP contribution in [0.5, 0.6) is 0 Å². The molecule has 146 valence electrons. The normalized spacial score (nSPS) is 12.4. The number of halogens is 3. The number of carbonyl (C=O) groups excluding carboxylic acids is 1.